The zero-order valence-corrected chi connectivity index (χ0v) is 16.1. The minimum atomic E-state index is -0.908. The van der Waals surface area contributed by atoms with Crippen LogP contribution in [0.15, 0.2) is 22.7 Å². The van der Waals surface area contributed by atoms with Crippen molar-refractivity contribution < 1.29 is 18.8 Å². The number of rotatable bonds is 5. The van der Waals surface area contributed by atoms with E-state index >= 15 is 0 Å². The first-order valence-corrected chi connectivity index (χ1v) is 10.3. The molecule has 1 saturated carbocycles. The minimum Gasteiger partial charge on any atom is -0.465 e. The van der Waals surface area contributed by atoms with Crippen LogP contribution in [0.4, 0.5) is 9.18 Å². The van der Waals surface area contributed by atoms with E-state index in [-0.39, 0.29) is 11.9 Å². The largest absolute Gasteiger partial charge is 0.465 e. The summed E-state index contributed by atoms with van der Waals surface area (Å²) in [5, 5.41) is 16.5. The Balaban J connectivity index is 1.23. The monoisotopic (exact) mass is 389 g/mol. The summed E-state index contributed by atoms with van der Waals surface area (Å²) in [5.74, 6) is 0.784. The number of fused-ring (bicyclic) bond motifs is 1. The van der Waals surface area contributed by atoms with Gasteiger partial charge in [0.1, 0.15) is 5.82 Å². The van der Waals surface area contributed by atoms with Crippen molar-refractivity contribution in [3.8, 4) is 0 Å². The van der Waals surface area contributed by atoms with E-state index in [0.717, 1.165) is 69.2 Å². The van der Waals surface area contributed by atoms with Crippen molar-refractivity contribution in [2.75, 3.05) is 19.6 Å². The lowest BCUT2D eigenvalue weighted by molar-refractivity contribution is 0.171. The molecule has 1 saturated heterocycles. The first-order valence-electron chi connectivity index (χ1n) is 10.3. The van der Waals surface area contributed by atoms with Crippen molar-refractivity contribution in [2.45, 2.75) is 56.9 Å². The van der Waals surface area contributed by atoms with Gasteiger partial charge in [-0.1, -0.05) is 5.16 Å². The van der Waals surface area contributed by atoms with Crippen LogP contribution in [0.25, 0.3) is 11.0 Å². The molecule has 1 aromatic heterocycles. The van der Waals surface area contributed by atoms with Gasteiger partial charge in [-0.3, -0.25) is 0 Å². The SMILES string of the molecule is O=C(O)NC1CCC(CCN2CCC(c3noc4ccc(F)cc34)CC2)CC1. The van der Waals surface area contributed by atoms with Crippen LogP contribution >= 0.6 is 0 Å². The van der Waals surface area contributed by atoms with E-state index in [0.29, 0.717) is 17.4 Å². The fourth-order valence-corrected chi connectivity index (χ4v) is 4.79. The highest BCUT2D eigenvalue weighted by Crippen LogP contribution is 2.33. The highest BCUT2D eigenvalue weighted by molar-refractivity contribution is 5.79. The quantitative estimate of drug-likeness (QED) is 0.794. The van der Waals surface area contributed by atoms with Crippen LogP contribution in [0.2, 0.25) is 0 Å². The van der Waals surface area contributed by atoms with Crippen LogP contribution in [-0.4, -0.2) is 46.9 Å². The lowest BCUT2D eigenvalue weighted by atomic mass is 9.84. The van der Waals surface area contributed by atoms with E-state index in [4.69, 9.17) is 9.63 Å². The summed E-state index contributed by atoms with van der Waals surface area (Å²) in [6.45, 7) is 3.16. The van der Waals surface area contributed by atoms with Crippen molar-refractivity contribution in [1.29, 1.82) is 0 Å². The van der Waals surface area contributed by atoms with Gasteiger partial charge in [-0.15, -0.1) is 0 Å². The summed E-state index contributed by atoms with van der Waals surface area (Å²) in [7, 11) is 0. The van der Waals surface area contributed by atoms with Crippen LogP contribution in [0.5, 0.6) is 0 Å². The van der Waals surface area contributed by atoms with Gasteiger partial charge in [0, 0.05) is 17.3 Å². The van der Waals surface area contributed by atoms with E-state index in [1.807, 2.05) is 0 Å². The number of hydrogen-bond donors (Lipinski definition) is 2. The van der Waals surface area contributed by atoms with Crippen LogP contribution in [0, 0.1) is 11.7 Å². The summed E-state index contributed by atoms with van der Waals surface area (Å²) < 4.78 is 18.9. The van der Waals surface area contributed by atoms with Gasteiger partial charge < -0.3 is 19.8 Å². The molecule has 4 rings (SSSR count). The molecular weight excluding hydrogens is 361 g/mol. The third-order valence-corrected chi connectivity index (χ3v) is 6.46. The number of carbonyl (C=O) groups is 1. The second-order valence-electron chi connectivity index (χ2n) is 8.28. The zero-order valence-electron chi connectivity index (χ0n) is 16.1. The predicted octanol–water partition coefficient (Wildman–Crippen LogP) is 4.36. The lowest BCUT2D eigenvalue weighted by Crippen LogP contribution is -2.38. The third-order valence-electron chi connectivity index (χ3n) is 6.46. The maximum atomic E-state index is 13.6. The fraction of sp³-hybridized carbons (Fsp3) is 0.619. The number of nitrogens with zero attached hydrogens (tertiary/aromatic N) is 2. The Morgan fingerprint density at radius 3 is 2.68 bits per heavy atom. The van der Waals surface area contributed by atoms with Gasteiger partial charge >= 0.3 is 6.09 Å². The van der Waals surface area contributed by atoms with Crippen molar-refractivity contribution in [3.05, 3.63) is 29.7 Å². The van der Waals surface area contributed by atoms with Gasteiger partial charge in [0.05, 0.1) is 5.69 Å². The third kappa shape index (κ3) is 4.46. The van der Waals surface area contributed by atoms with Crippen LogP contribution in [0.1, 0.15) is 56.6 Å². The minimum absolute atomic E-state index is 0.131. The highest BCUT2D eigenvalue weighted by atomic mass is 19.1. The number of amides is 1. The summed E-state index contributed by atoms with van der Waals surface area (Å²) in [4.78, 5) is 13.3. The van der Waals surface area contributed by atoms with Gasteiger partial charge in [-0.25, -0.2) is 9.18 Å². The lowest BCUT2D eigenvalue weighted by Gasteiger charge is -2.33. The molecule has 7 heteroatoms. The number of halogens is 1. The molecule has 1 aromatic carbocycles. The average Bonchev–Trinajstić information content (AvgIpc) is 3.10. The molecule has 2 aliphatic rings. The van der Waals surface area contributed by atoms with Crippen molar-refractivity contribution >= 4 is 17.1 Å². The normalized spacial score (nSPS) is 24.5. The zero-order chi connectivity index (χ0) is 19.5. The van der Waals surface area contributed by atoms with Gasteiger partial charge in [-0.05, 0) is 88.7 Å². The van der Waals surface area contributed by atoms with Crippen molar-refractivity contribution in [2.24, 2.45) is 5.92 Å². The van der Waals surface area contributed by atoms with Crippen LogP contribution in [0.3, 0.4) is 0 Å². The average molecular weight is 389 g/mol. The second-order valence-corrected chi connectivity index (χ2v) is 8.28. The van der Waals surface area contributed by atoms with E-state index in [1.165, 1.54) is 18.6 Å². The topological polar surface area (TPSA) is 78.6 Å². The van der Waals surface area contributed by atoms with E-state index in [2.05, 4.69) is 15.4 Å². The van der Waals surface area contributed by atoms with Gasteiger partial charge in [-0.2, -0.15) is 0 Å². The molecule has 152 valence electrons. The molecule has 0 radical (unpaired) electrons. The van der Waals surface area contributed by atoms with Crippen molar-refractivity contribution in [3.63, 3.8) is 0 Å². The molecule has 2 heterocycles. The Hall–Kier alpha value is -2.15. The first-order chi connectivity index (χ1) is 13.6. The highest BCUT2D eigenvalue weighted by Gasteiger charge is 2.27. The Morgan fingerprint density at radius 1 is 1.21 bits per heavy atom. The van der Waals surface area contributed by atoms with Gasteiger partial charge in [0.25, 0.3) is 0 Å². The smallest absolute Gasteiger partial charge is 0.404 e. The van der Waals surface area contributed by atoms with E-state index in [9.17, 15) is 9.18 Å². The maximum Gasteiger partial charge on any atom is 0.404 e. The molecule has 2 fully saturated rings. The molecule has 1 aliphatic carbocycles. The van der Waals surface area contributed by atoms with E-state index in [1.54, 1.807) is 6.07 Å². The molecular formula is C21H28FN3O3. The summed E-state index contributed by atoms with van der Waals surface area (Å²) in [5.41, 5.74) is 1.56. The summed E-state index contributed by atoms with van der Waals surface area (Å²) in [6, 6.07) is 4.72. The summed E-state index contributed by atoms with van der Waals surface area (Å²) >= 11 is 0. The number of hydrogen-bond acceptors (Lipinski definition) is 4. The Morgan fingerprint density at radius 2 is 1.96 bits per heavy atom. The number of aromatic nitrogens is 1. The number of benzene rings is 1. The predicted molar refractivity (Wildman–Crippen MR) is 104 cm³/mol. The van der Waals surface area contributed by atoms with Gasteiger partial charge in [0.15, 0.2) is 5.58 Å². The Bertz CT molecular complexity index is 808. The van der Waals surface area contributed by atoms with Crippen LogP contribution < -0.4 is 5.32 Å². The number of likely N-dealkylation sites (tertiary alicyclic amines) is 1. The van der Waals surface area contributed by atoms with Crippen molar-refractivity contribution in [1.82, 2.24) is 15.4 Å². The molecule has 6 nitrogen and oxygen atoms in total. The standard InChI is InChI=1S/C21H28FN3O3/c22-16-3-6-19-18(13-16)20(24-28-19)15-8-11-25(12-9-15)10-7-14-1-4-17(5-2-14)23-21(26)27/h3,6,13-15,17,23H,1-2,4-5,7-12H2,(H,26,27). The maximum absolute atomic E-state index is 13.6. The molecule has 1 amide bonds. The van der Waals surface area contributed by atoms with Gasteiger partial charge in [0.2, 0.25) is 0 Å². The molecule has 0 spiro atoms. The molecule has 28 heavy (non-hydrogen) atoms. The van der Waals surface area contributed by atoms with E-state index < -0.39 is 6.09 Å². The molecule has 0 atom stereocenters. The molecule has 1 aliphatic heterocycles. The molecule has 0 unspecified atom stereocenters. The Labute approximate surface area is 164 Å². The van der Waals surface area contributed by atoms with Crippen LogP contribution in [-0.2, 0) is 0 Å². The Kier molecular flexibility index (Phi) is 5.80. The molecule has 0 bridgehead atoms. The number of carboxylic acid groups (broad SMARTS) is 1. The summed E-state index contributed by atoms with van der Waals surface area (Å²) in [6.07, 6.45) is 6.44. The first kappa shape index (κ1) is 19.2. The fourth-order valence-electron chi connectivity index (χ4n) is 4.79. The molecule has 2 N–H and O–H groups in total. The second kappa shape index (κ2) is 8.47. The number of nitrogens with one attached hydrogen (secondary N) is 1. The molecule has 2 aromatic rings. The number of piperidine rings is 1.